The van der Waals surface area contributed by atoms with Crippen molar-refractivity contribution in [3.63, 3.8) is 0 Å². The van der Waals surface area contributed by atoms with E-state index in [1.165, 1.54) is 12.1 Å². The third-order valence-corrected chi connectivity index (χ3v) is 3.02. The molecule has 1 N–H and O–H groups in total. The van der Waals surface area contributed by atoms with Crippen LogP contribution >= 0.6 is 0 Å². The number of hydrogen-bond acceptors (Lipinski definition) is 1. The van der Waals surface area contributed by atoms with E-state index in [1.54, 1.807) is 6.07 Å². The highest BCUT2D eigenvalue weighted by molar-refractivity contribution is 5.26. The van der Waals surface area contributed by atoms with Crippen molar-refractivity contribution in [2.24, 2.45) is 0 Å². The van der Waals surface area contributed by atoms with Crippen molar-refractivity contribution in [2.75, 3.05) is 7.05 Å². The van der Waals surface area contributed by atoms with E-state index in [2.05, 4.69) is 11.2 Å². The molecular formula is C15H18F3N. The van der Waals surface area contributed by atoms with Crippen molar-refractivity contribution >= 4 is 0 Å². The molecule has 0 aliphatic carbocycles. The molecule has 19 heavy (non-hydrogen) atoms. The van der Waals surface area contributed by atoms with E-state index in [9.17, 15) is 13.2 Å². The highest BCUT2D eigenvalue weighted by Crippen LogP contribution is 2.29. The normalized spacial score (nSPS) is 13.0. The molecule has 0 aliphatic heterocycles. The fraction of sp³-hybridized carbons (Fsp3) is 0.467. The molecule has 0 bridgehead atoms. The van der Waals surface area contributed by atoms with E-state index < -0.39 is 11.7 Å². The Morgan fingerprint density at radius 1 is 1.37 bits per heavy atom. The Morgan fingerprint density at radius 2 is 2.11 bits per heavy atom. The Bertz CT molecular complexity index is 432. The number of halogens is 3. The van der Waals surface area contributed by atoms with Gasteiger partial charge in [0, 0.05) is 12.5 Å². The lowest BCUT2D eigenvalue weighted by Gasteiger charge is -2.16. The van der Waals surface area contributed by atoms with Crippen molar-refractivity contribution in [2.45, 2.75) is 37.9 Å². The van der Waals surface area contributed by atoms with Crippen LogP contribution in [-0.2, 0) is 12.6 Å². The summed E-state index contributed by atoms with van der Waals surface area (Å²) in [7, 11) is 1.81. The Balaban J connectivity index is 2.67. The quantitative estimate of drug-likeness (QED) is 0.614. The molecule has 0 amide bonds. The summed E-state index contributed by atoms with van der Waals surface area (Å²) in [4.78, 5) is 0. The maximum atomic E-state index is 12.6. The predicted octanol–water partition coefficient (Wildman–Crippen LogP) is 3.64. The number of hydrogen-bond donors (Lipinski definition) is 1. The minimum Gasteiger partial charge on any atom is -0.317 e. The van der Waals surface area contributed by atoms with E-state index >= 15 is 0 Å². The minimum atomic E-state index is -4.28. The van der Waals surface area contributed by atoms with Gasteiger partial charge in [-0.3, -0.25) is 0 Å². The summed E-state index contributed by atoms with van der Waals surface area (Å²) < 4.78 is 37.8. The van der Waals surface area contributed by atoms with Crippen LogP contribution in [0.15, 0.2) is 24.3 Å². The molecule has 1 atom stereocenters. The van der Waals surface area contributed by atoms with Gasteiger partial charge < -0.3 is 5.32 Å². The molecule has 0 heterocycles. The number of alkyl halides is 3. The monoisotopic (exact) mass is 269 g/mol. The SMILES string of the molecule is C#CCCCC(Cc1cccc(C(F)(F)F)c1)NC. The lowest BCUT2D eigenvalue weighted by molar-refractivity contribution is -0.137. The Hall–Kier alpha value is -1.47. The lowest BCUT2D eigenvalue weighted by Crippen LogP contribution is -2.27. The fourth-order valence-electron chi connectivity index (χ4n) is 1.96. The van der Waals surface area contributed by atoms with Crippen LogP contribution in [0.25, 0.3) is 0 Å². The van der Waals surface area contributed by atoms with Gasteiger partial charge in [-0.15, -0.1) is 12.3 Å². The van der Waals surface area contributed by atoms with Crippen molar-refractivity contribution in [1.29, 1.82) is 0 Å². The molecule has 0 aliphatic rings. The van der Waals surface area contributed by atoms with Crippen LogP contribution in [0, 0.1) is 12.3 Å². The molecule has 1 aromatic rings. The van der Waals surface area contributed by atoms with Crippen LogP contribution in [0.1, 0.15) is 30.4 Å². The van der Waals surface area contributed by atoms with E-state index in [-0.39, 0.29) is 6.04 Å². The number of likely N-dealkylation sites (N-methyl/N-ethyl adjacent to an activating group) is 1. The fourth-order valence-corrected chi connectivity index (χ4v) is 1.96. The third kappa shape index (κ3) is 5.35. The second-order valence-electron chi connectivity index (χ2n) is 4.48. The van der Waals surface area contributed by atoms with Crippen LogP contribution in [0.2, 0.25) is 0 Å². The van der Waals surface area contributed by atoms with Gasteiger partial charge in [0.05, 0.1) is 5.56 Å². The topological polar surface area (TPSA) is 12.0 Å². The maximum Gasteiger partial charge on any atom is 0.416 e. The van der Waals surface area contributed by atoms with Crippen LogP contribution < -0.4 is 5.32 Å². The minimum absolute atomic E-state index is 0.150. The van der Waals surface area contributed by atoms with E-state index in [1.807, 2.05) is 7.05 Å². The Kier molecular flexibility index (Phi) is 5.91. The molecule has 4 heteroatoms. The summed E-state index contributed by atoms with van der Waals surface area (Å²) in [6, 6.07) is 5.63. The summed E-state index contributed by atoms with van der Waals surface area (Å²) in [6.07, 6.45) is 3.90. The number of rotatable bonds is 6. The molecule has 1 rings (SSSR count). The highest BCUT2D eigenvalue weighted by atomic mass is 19.4. The summed E-state index contributed by atoms with van der Waals surface area (Å²) in [5, 5.41) is 3.12. The molecule has 0 saturated heterocycles. The first-order valence-electron chi connectivity index (χ1n) is 6.24. The highest BCUT2D eigenvalue weighted by Gasteiger charge is 2.30. The molecule has 1 nitrogen and oxygen atoms in total. The lowest BCUT2D eigenvalue weighted by atomic mass is 9.99. The molecule has 104 valence electrons. The average molecular weight is 269 g/mol. The van der Waals surface area contributed by atoms with Crippen molar-refractivity contribution in [3.8, 4) is 12.3 Å². The van der Waals surface area contributed by atoms with Crippen LogP contribution in [0.5, 0.6) is 0 Å². The predicted molar refractivity (Wildman–Crippen MR) is 70.7 cm³/mol. The smallest absolute Gasteiger partial charge is 0.317 e. The van der Waals surface area contributed by atoms with Crippen molar-refractivity contribution in [1.82, 2.24) is 5.32 Å². The summed E-state index contributed by atoms with van der Waals surface area (Å²) >= 11 is 0. The van der Waals surface area contributed by atoms with Gasteiger partial charge in [-0.25, -0.2) is 0 Å². The molecule has 0 radical (unpaired) electrons. The molecule has 1 unspecified atom stereocenters. The number of nitrogens with one attached hydrogen (secondary N) is 1. The van der Waals surface area contributed by atoms with Crippen molar-refractivity contribution < 1.29 is 13.2 Å². The summed E-state index contributed by atoms with van der Waals surface area (Å²) in [6.45, 7) is 0. The number of terminal acetylenes is 1. The first kappa shape index (κ1) is 15.6. The molecule has 0 spiro atoms. The van der Waals surface area contributed by atoms with Gasteiger partial charge >= 0.3 is 6.18 Å². The van der Waals surface area contributed by atoms with E-state index in [4.69, 9.17) is 6.42 Å². The number of benzene rings is 1. The Morgan fingerprint density at radius 3 is 2.68 bits per heavy atom. The molecular weight excluding hydrogens is 251 g/mol. The van der Waals surface area contributed by atoms with Gasteiger partial charge in [0.15, 0.2) is 0 Å². The van der Waals surface area contributed by atoms with E-state index in [0.717, 1.165) is 18.9 Å². The summed E-state index contributed by atoms with van der Waals surface area (Å²) in [5.41, 5.74) is 0.0957. The Labute approximate surface area is 112 Å². The van der Waals surface area contributed by atoms with Gasteiger partial charge in [0.1, 0.15) is 0 Å². The van der Waals surface area contributed by atoms with Crippen LogP contribution in [0.4, 0.5) is 13.2 Å². The van der Waals surface area contributed by atoms with Gasteiger partial charge in [-0.1, -0.05) is 18.2 Å². The van der Waals surface area contributed by atoms with Crippen LogP contribution in [-0.4, -0.2) is 13.1 Å². The standard InChI is InChI=1S/C15H18F3N/c1-3-4-5-9-14(19-2)11-12-7-6-8-13(10-12)15(16,17)18/h1,6-8,10,14,19H,4-5,9,11H2,2H3. The van der Waals surface area contributed by atoms with Crippen LogP contribution in [0.3, 0.4) is 0 Å². The molecule has 0 fully saturated rings. The van der Waals surface area contributed by atoms with E-state index in [0.29, 0.717) is 18.4 Å². The first-order chi connectivity index (χ1) is 8.97. The average Bonchev–Trinajstić information content (AvgIpc) is 2.37. The zero-order chi connectivity index (χ0) is 14.3. The number of unbranched alkanes of at least 4 members (excludes halogenated alkanes) is 1. The summed E-state index contributed by atoms with van der Waals surface area (Å²) in [5.74, 6) is 2.56. The van der Waals surface area contributed by atoms with Gasteiger partial charge in [0.25, 0.3) is 0 Å². The maximum absolute atomic E-state index is 12.6. The van der Waals surface area contributed by atoms with Crippen molar-refractivity contribution in [3.05, 3.63) is 35.4 Å². The zero-order valence-corrected chi connectivity index (χ0v) is 10.9. The molecule has 1 aromatic carbocycles. The van der Waals surface area contributed by atoms with Gasteiger partial charge in [-0.2, -0.15) is 13.2 Å². The van der Waals surface area contributed by atoms with Gasteiger partial charge in [-0.05, 0) is 37.9 Å². The third-order valence-electron chi connectivity index (χ3n) is 3.02. The van der Waals surface area contributed by atoms with Gasteiger partial charge in [0.2, 0.25) is 0 Å². The molecule has 0 aromatic heterocycles. The molecule has 0 saturated carbocycles. The zero-order valence-electron chi connectivity index (χ0n) is 10.9. The largest absolute Gasteiger partial charge is 0.416 e. The second-order valence-corrected chi connectivity index (χ2v) is 4.48. The second kappa shape index (κ2) is 7.20. The first-order valence-corrected chi connectivity index (χ1v) is 6.24.